The molecule has 0 aromatic carbocycles. The minimum absolute atomic E-state index is 0.843. The standard InChI is InChI=1S/C8H14IN3O/c1-10-3-2-4-11-5-7-12(13-9)8-6-11/h10H,4-8H2,1H3. The van der Waals surface area contributed by atoms with E-state index in [4.69, 9.17) is 3.17 Å². The second-order valence-electron chi connectivity index (χ2n) is 2.83. The van der Waals surface area contributed by atoms with Crippen LogP contribution >= 0.6 is 23.0 Å². The van der Waals surface area contributed by atoms with Crippen LogP contribution in [0.5, 0.6) is 0 Å². The molecule has 0 aliphatic carbocycles. The Bertz CT molecular complexity index is 193. The van der Waals surface area contributed by atoms with E-state index in [0.29, 0.717) is 0 Å². The zero-order valence-corrected chi connectivity index (χ0v) is 9.87. The lowest BCUT2D eigenvalue weighted by molar-refractivity contribution is -0.0468. The third-order valence-electron chi connectivity index (χ3n) is 1.94. The average Bonchev–Trinajstić information content (AvgIpc) is 2.19. The van der Waals surface area contributed by atoms with E-state index < -0.39 is 0 Å². The van der Waals surface area contributed by atoms with Gasteiger partial charge >= 0.3 is 0 Å². The van der Waals surface area contributed by atoms with Crippen LogP contribution in [0.15, 0.2) is 0 Å². The van der Waals surface area contributed by atoms with Crippen LogP contribution in [0, 0.1) is 12.0 Å². The van der Waals surface area contributed by atoms with Crippen LogP contribution in [0.1, 0.15) is 0 Å². The molecule has 1 heterocycles. The first kappa shape index (κ1) is 11.0. The number of hydrogen-bond donors (Lipinski definition) is 1. The van der Waals surface area contributed by atoms with Crippen molar-refractivity contribution in [1.82, 2.24) is 15.3 Å². The maximum absolute atomic E-state index is 5.09. The quantitative estimate of drug-likeness (QED) is 0.443. The molecule has 0 saturated carbocycles. The maximum Gasteiger partial charge on any atom is 0.137 e. The van der Waals surface area contributed by atoms with Gasteiger partial charge in [-0.05, 0) is 0 Å². The SMILES string of the molecule is CNC#CCN1CCN(OI)CC1. The lowest BCUT2D eigenvalue weighted by Gasteiger charge is -2.30. The van der Waals surface area contributed by atoms with E-state index in [1.54, 1.807) is 0 Å². The summed E-state index contributed by atoms with van der Waals surface area (Å²) in [4.78, 5) is 2.32. The van der Waals surface area contributed by atoms with E-state index in [1.807, 2.05) is 35.1 Å². The van der Waals surface area contributed by atoms with Crippen LogP contribution in [-0.2, 0) is 3.17 Å². The molecule has 1 rings (SSSR count). The van der Waals surface area contributed by atoms with Gasteiger partial charge < -0.3 is 5.32 Å². The topological polar surface area (TPSA) is 27.7 Å². The van der Waals surface area contributed by atoms with Gasteiger partial charge in [-0.3, -0.25) is 4.90 Å². The van der Waals surface area contributed by atoms with Gasteiger partial charge in [-0.2, -0.15) is 5.06 Å². The van der Waals surface area contributed by atoms with Gasteiger partial charge in [0.25, 0.3) is 0 Å². The second-order valence-corrected chi connectivity index (χ2v) is 3.22. The lowest BCUT2D eigenvalue weighted by atomic mass is 10.3. The Morgan fingerprint density at radius 1 is 1.38 bits per heavy atom. The molecule has 0 aromatic heterocycles. The minimum Gasteiger partial charge on any atom is -0.349 e. The number of rotatable bonds is 2. The van der Waals surface area contributed by atoms with Gasteiger partial charge in [-0.1, -0.05) is 5.92 Å². The first-order chi connectivity index (χ1) is 6.36. The van der Waals surface area contributed by atoms with E-state index in [2.05, 4.69) is 22.2 Å². The fourth-order valence-corrected chi connectivity index (χ4v) is 1.59. The molecule has 1 fully saturated rings. The zero-order valence-electron chi connectivity index (χ0n) is 7.72. The smallest absolute Gasteiger partial charge is 0.137 e. The van der Waals surface area contributed by atoms with E-state index >= 15 is 0 Å². The molecular weight excluding hydrogens is 281 g/mol. The summed E-state index contributed by atoms with van der Waals surface area (Å²) in [6.07, 6.45) is 0. The van der Waals surface area contributed by atoms with Crippen molar-refractivity contribution in [2.24, 2.45) is 0 Å². The molecule has 4 nitrogen and oxygen atoms in total. The molecule has 74 valence electrons. The summed E-state index contributed by atoms with van der Waals surface area (Å²) in [5.74, 6) is 3.04. The molecule has 1 saturated heterocycles. The summed E-state index contributed by atoms with van der Waals surface area (Å²) in [5.41, 5.74) is 0. The third-order valence-corrected chi connectivity index (χ3v) is 2.50. The normalized spacial score (nSPS) is 19.2. The summed E-state index contributed by atoms with van der Waals surface area (Å²) in [6.45, 7) is 4.83. The fourth-order valence-electron chi connectivity index (χ4n) is 1.20. The van der Waals surface area contributed by atoms with E-state index in [9.17, 15) is 0 Å². The van der Waals surface area contributed by atoms with Gasteiger partial charge in [0.15, 0.2) is 0 Å². The largest absolute Gasteiger partial charge is 0.349 e. The van der Waals surface area contributed by atoms with Crippen molar-refractivity contribution >= 4 is 23.0 Å². The molecule has 1 N–H and O–H groups in total. The zero-order chi connectivity index (χ0) is 9.52. The highest BCUT2D eigenvalue weighted by atomic mass is 127. The first-order valence-electron chi connectivity index (χ1n) is 4.27. The Morgan fingerprint density at radius 3 is 2.62 bits per heavy atom. The van der Waals surface area contributed by atoms with Crippen LogP contribution in [-0.4, -0.2) is 49.7 Å². The Morgan fingerprint density at radius 2 is 2.08 bits per heavy atom. The van der Waals surface area contributed by atoms with Crippen molar-refractivity contribution in [2.75, 3.05) is 39.8 Å². The van der Waals surface area contributed by atoms with Crippen molar-refractivity contribution < 1.29 is 3.17 Å². The van der Waals surface area contributed by atoms with Crippen LogP contribution in [0.2, 0.25) is 0 Å². The molecule has 0 atom stereocenters. The van der Waals surface area contributed by atoms with Crippen LogP contribution in [0.25, 0.3) is 0 Å². The summed E-state index contributed by atoms with van der Waals surface area (Å²) < 4.78 is 5.09. The van der Waals surface area contributed by atoms with Gasteiger partial charge in [0.2, 0.25) is 0 Å². The van der Waals surface area contributed by atoms with Gasteiger partial charge in [-0.25, -0.2) is 3.17 Å². The van der Waals surface area contributed by atoms with Gasteiger partial charge in [0.05, 0.1) is 6.54 Å². The van der Waals surface area contributed by atoms with Crippen molar-refractivity contribution in [3.63, 3.8) is 0 Å². The highest BCUT2D eigenvalue weighted by Crippen LogP contribution is 2.03. The van der Waals surface area contributed by atoms with Crippen molar-refractivity contribution in [3.05, 3.63) is 0 Å². The minimum atomic E-state index is 0.843. The predicted molar refractivity (Wildman–Crippen MR) is 60.0 cm³/mol. The molecule has 13 heavy (non-hydrogen) atoms. The first-order valence-corrected chi connectivity index (χ1v) is 5.15. The number of nitrogens with one attached hydrogen (secondary N) is 1. The number of hydrogen-bond acceptors (Lipinski definition) is 4. The molecule has 0 amide bonds. The Hall–Kier alpha value is -0.0300. The molecule has 5 heteroatoms. The summed E-state index contributed by atoms with van der Waals surface area (Å²) >= 11 is 1.92. The van der Waals surface area contributed by atoms with Crippen LogP contribution in [0.3, 0.4) is 0 Å². The molecule has 0 bridgehead atoms. The number of piperazine rings is 1. The molecule has 1 aliphatic rings. The molecule has 0 spiro atoms. The monoisotopic (exact) mass is 295 g/mol. The van der Waals surface area contributed by atoms with Gasteiger partial charge in [0, 0.05) is 39.3 Å². The molecule has 0 unspecified atom stereocenters. The number of hydroxylamine groups is 2. The Labute approximate surface area is 93.2 Å². The third kappa shape index (κ3) is 4.13. The molecular formula is C8H14IN3O. The van der Waals surface area contributed by atoms with Gasteiger partial charge in [-0.15, -0.1) is 0 Å². The molecule has 0 radical (unpaired) electrons. The van der Waals surface area contributed by atoms with Crippen molar-refractivity contribution in [1.29, 1.82) is 0 Å². The lowest BCUT2D eigenvalue weighted by Crippen LogP contribution is -2.45. The summed E-state index contributed by atoms with van der Waals surface area (Å²) in [7, 11) is 1.83. The van der Waals surface area contributed by atoms with Crippen LogP contribution < -0.4 is 5.32 Å². The second kappa shape index (κ2) is 6.43. The van der Waals surface area contributed by atoms with Crippen molar-refractivity contribution in [2.45, 2.75) is 0 Å². The summed E-state index contributed by atoms with van der Waals surface area (Å²) in [5, 5.41) is 4.76. The highest BCUT2D eigenvalue weighted by molar-refractivity contribution is 14.1. The Balaban J connectivity index is 2.17. The summed E-state index contributed by atoms with van der Waals surface area (Å²) in [6, 6.07) is 2.83. The van der Waals surface area contributed by atoms with E-state index in [1.165, 1.54) is 0 Å². The molecule has 1 aliphatic heterocycles. The van der Waals surface area contributed by atoms with Crippen molar-refractivity contribution in [3.8, 4) is 12.0 Å². The van der Waals surface area contributed by atoms with E-state index in [0.717, 1.165) is 32.7 Å². The van der Waals surface area contributed by atoms with Crippen LogP contribution in [0.4, 0.5) is 0 Å². The number of halogens is 1. The van der Waals surface area contributed by atoms with E-state index in [-0.39, 0.29) is 0 Å². The average molecular weight is 295 g/mol. The predicted octanol–water partition coefficient (Wildman–Crippen LogP) is 0.0659. The maximum atomic E-state index is 5.09. The number of nitrogens with zero attached hydrogens (tertiary/aromatic N) is 2. The molecule has 0 aromatic rings. The fraction of sp³-hybridized carbons (Fsp3) is 0.750. The Kier molecular flexibility index (Phi) is 5.46. The highest BCUT2D eigenvalue weighted by Gasteiger charge is 2.15. The van der Waals surface area contributed by atoms with Gasteiger partial charge in [0.1, 0.15) is 23.0 Å².